The molecule has 0 saturated carbocycles. The van der Waals surface area contributed by atoms with E-state index in [0.29, 0.717) is 36.8 Å². The number of pyridine rings is 1. The maximum Gasteiger partial charge on any atom is 0.251 e. The predicted octanol–water partition coefficient (Wildman–Crippen LogP) is 3.30. The van der Waals surface area contributed by atoms with E-state index in [9.17, 15) is 4.79 Å². The van der Waals surface area contributed by atoms with Crippen LogP contribution in [0.3, 0.4) is 0 Å². The van der Waals surface area contributed by atoms with Crippen molar-refractivity contribution in [1.82, 2.24) is 10.3 Å². The lowest BCUT2D eigenvalue weighted by Crippen LogP contribution is -2.22. The van der Waals surface area contributed by atoms with Gasteiger partial charge in [-0.2, -0.15) is 0 Å². The van der Waals surface area contributed by atoms with Crippen molar-refractivity contribution in [3.05, 3.63) is 72.1 Å². The molecule has 0 unspecified atom stereocenters. The molecular weight excluding hydrogens is 332 g/mol. The summed E-state index contributed by atoms with van der Waals surface area (Å²) in [5, 5.41) is 2.90. The first-order chi connectivity index (χ1) is 12.8. The van der Waals surface area contributed by atoms with Gasteiger partial charge in [0.1, 0.15) is 18.1 Å². The Hall–Kier alpha value is -3.12. The summed E-state index contributed by atoms with van der Waals surface area (Å²) < 4.78 is 15.8. The van der Waals surface area contributed by atoms with Gasteiger partial charge in [-0.3, -0.25) is 9.78 Å². The second-order valence-corrected chi connectivity index (χ2v) is 5.57. The zero-order chi connectivity index (χ0) is 18.2. The van der Waals surface area contributed by atoms with Gasteiger partial charge >= 0.3 is 0 Å². The molecule has 0 saturated heterocycles. The SMILES string of the molecule is COCCOc1ccc(C(=O)NCc2ccnc(-c3ccco3)c2)cc1. The molecule has 134 valence electrons. The Labute approximate surface area is 151 Å². The van der Waals surface area contributed by atoms with E-state index in [4.69, 9.17) is 13.9 Å². The number of furan rings is 1. The molecule has 0 fully saturated rings. The Morgan fingerprint density at radius 3 is 2.73 bits per heavy atom. The van der Waals surface area contributed by atoms with Crippen molar-refractivity contribution in [2.75, 3.05) is 20.3 Å². The fourth-order valence-corrected chi connectivity index (χ4v) is 2.37. The van der Waals surface area contributed by atoms with Crippen molar-refractivity contribution in [1.29, 1.82) is 0 Å². The molecule has 0 spiro atoms. The number of aromatic nitrogens is 1. The van der Waals surface area contributed by atoms with Crippen LogP contribution >= 0.6 is 0 Å². The van der Waals surface area contributed by atoms with E-state index in [1.165, 1.54) is 0 Å². The van der Waals surface area contributed by atoms with Gasteiger partial charge in [0.25, 0.3) is 5.91 Å². The minimum Gasteiger partial charge on any atom is -0.491 e. The lowest BCUT2D eigenvalue weighted by atomic mass is 10.1. The number of hydrogen-bond acceptors (Lipinski definition) is 5. The van der Waals surface area contributed by atoms with Crippen molar-refractivity contribution in [3.63, 3.8) is 0 Å². The van der Waals surface area contributed by atoms with Crippen LogP contribution in [0.1, 0.15) is 15.9 Å². The van der Waals surface area contributed by atoms with Crippen molar-refractivity contribution in [2.45, 2.75) is 6.54 Å². The van der Waals surface area contributed by atoms with Crippen molar-refractivity contribution < 1.29 is 18.7 Å². The molecule has 0 aliphatic carbocycles. The molecule has 0 radical (unpaired) electrons. The molecule has 6 heteroatoms. The number of ether oxygens (including phenoxy) is 2. The van der Waals surface area contributed by atoms with E-state index < -0.39 is 0 Å². The van der Waals surface area contributed by atoms with E-state index in [2.05, 4.69) is 10.3 Å². The molecule has 0 bridgehead atoms. The number of nitrogens with one attached hydrogen (secondary N) is 1. The summed E-state index contributed by atoms with van der Waals surface area (Å²) in [4.78, 5) is 16.6. The summed E-state index contributed by atoms with van der Waals surface area (Å²) in [7, 11) is 1.62. The first-order valence-corrected chi connectivity index (χ1v) is 8.25. The molecule has 3 rings (SSSR count). The number of carbonyl (C=O) groups excluding carboxylic acids is 1. The van der Waals surface area contributed by atoms with Crippen LogP contribution in [0.25, 0.3) is 11.5 Å². The predicted molar refractivity (Wildman–Crippen MR) is 96.9 cm³/mol. The molecule has 1 aromatic carbocycles. The van der Waals surface area contributed by atoms with Crippen molar-refractivity contribution in [2.24, 2.45) is 0 Å². The van der Waals surface area contributed by atoms with Gasteiger partial charge < -0.3 is 19.2 Å². The minimum absolute atomic E-state index is 0.148. The van der Waals surface area contributed by atoms with E-state index in [1.807, 2.05) is 24.3 Å². The monoisotopic (exact) mass is 352 g/mol. The number of amides is 1. The normalized spacial score (nSPS) is 10.5. The average molecular weight is 352 g/mol. The summed E-state index contributed by atoms with van der Waals surface area (Å²) in [6.45, 7) is 1.40. The lowest BCUT2D eigenvalue weighted by Gasteiger charge is -2.08. The van der Waals surface area contributed by atoms with Gasteiger partial charge in [-0.05, 0) is 54.1 Å². The Morgan fingerprint density at radius 2 is 2.00 bits per heavy atom. The fraction of sp³-hybridized carbons (Fsp3) is 0.200. The zero-order valence-electron chi connectivity index (χ0n) is 14.5. The average Bonchev–Trinajstić information content (AvgIpc) is 3.22. The van der Waals surface area contributed by atoms with Crippen molar-refractivity contribution >= 4 is 5.91 Å². The van der Waals surface area contributed by atoms with Crippen LogP contribution in [0.2, 0.25) is 0 Å². The highest BCUT2D eigenvalue weighted by atomic mass is 16.5. The lowest BCUT2D eigenvalue weighted by molar-refractivity contribution is 0.0951. The van der Waals surface area contributed by atoms with Gasteiger partial charge in [-0.1, -0.05) is 0 Å². The van der Waals surface area contributed by atoms with E-state index in [1.54, 1.807) is 43.8 Å². The van der Waals surface area contributed by atoms with Crippen LogP contribution in [0.15, 0.2) is 65.4 Å². The Morgan fingerprint density at radius 1 is 1.15 bits per heavy atom. The highest BCUT2D eigenvalue weighted by Crippen LogP contribution is 2.18. The minimum atomic E-state index is -0.148. The molecule has 1 N–H and O–H groups in total. The quantitative estimate of drug-likeness (QED) is 0.630. The van der Waals surface area contributed by atoms with Crippen LogP contribution in [-0.2, 0) is 11.3 Å². The third-order valence-electron chi connectivity index (χ3n) is 3.72. The molecule has 2 aromatic heterocycles. The Bertz CT molecular complexity index is 829. The molecule has 0 atom stereocenters. The van der Waals surface area contributed by atoms with Gasteiger partial charge in [0.2, 0.25) is 0 Å². The maximum atomic E-state index is 12.3. The van der Waals surface area contributed by atoms with Gasteiger partial charge in [-0.25, -0.2) is 0 Å². The van der Waals surface area contributed by atoms with E-state index in [-0.39, 0.29) is 5.91 Å². The van der Waals surface area contributed by atoms with Crippen LogP contribution in [-0.4, -0.2) is 31.2 Å². The van der Waals surface area contributed by atoms with E-state index in [0.717, 1.165) is 11.3 Å². The zero-order valence-corrected chi connectivity index (χ0v) is 14.5. The third kappa shape index (κ3) is 4.70. The molecule has 26 heavy (non-hydrogen) atoms. The number of nitrogens with zero attached hydrogens (tertiary/aromatic N) is 1. The molecule has 2 heterocycles. The highest BCUT2D eigenvalue weighted by Gasteiger charge is 2.07. The van der Waals surface area contributed by atoms with Gasteiger partial charge in [-0.15, -0.1) is 0 Å². The topological polar surface area (TPSA) is 73.6 Å². The Kier molecular flexibility index (Phi) is 6.01. The number of methoxy groups -OCH3 is 1. The summed E-state index contributed by atoms with van der Waals surface area (Å²) in [6.07, 6.45) is 3.31. The first-order valence-electron chi connectivity index (χ1n) is 8.25. The maximum absolute atomic E-state index is 12.3. The number of carbonyl (C=O) groups is 1. The molecule has 0 aliphatic rings. The highest BCUT2D eigenvalue weighted by molar-refractivity contribution is 5.94. The summed E-state index contributed by atoms with van der Waals surface area (Å²) in [6, 6.07) is 14.4. The molecule has 1 amide bonds. The third-order valence-corrected chi connectivity index (χ3v) is 3.72. The second-order valence-electron chi connectivity index (χ2n) is 5.57. The van der Waals surface area contributed by atoms with Gasteiger partial charge in [0, 0.05) is 25.4 Å². The summed E-state index contributed by atoms with van der Waals surface area (Å²) >= 11 is 0. The molecule has 3 aromatic rings. The van der Waals surface area contributed by atoms with Crippen LogP contribution in [0, 0.1) is 0 Å². The number of benzene rings is 1. The summed E-state index contributed by atoms with van der Waals surface area (Å²) in [5.74, 6) is 1.25. The van der Waals surface area contributed by atoms with Crippen LogP contribution < -0.4 is 10.1 Å². The molecule has 0 aliphatic heterocycles. The Balaban J connectivity index is 1.56. The summed E-state index contributed by atoms with van der Waals surface area (Å²) in [5.41, 5.74) is 2.25. The smallest absolute Gasteiger partial charge is 0.251 e. The van der Waals surface area contributed by atoms with Crippen molar-refractivity contribution in [3.8, 4) is 17.2 Å². The van der Waals surface area contributed by atoms with E-state index >= 15 is 0 Å². The van der Waals surface area contributed by atoms with Crippen LogP contribution in [0.4, 0.5) is 0 Å². The molecule has 6 nitrogen and oxygen atoms in total. The number of rotatable bonds is 8. The van der Waals surface area contributed by atoms with Gasteiger partial charge in [0.05, 0.1) is 12.9 Å². The molecular formula is C20H20N2O4. The van der Waals surface area contributed by atoms with Gasteiger partial charge in [0.15, 0.2) is 5.76 Å². The largest absolute Gasteiger partial charge is 0.491 e. The second kappa shape index (κ2) is 8.82. The van der Waals surface area contributed by atoms with Crippen LogP contribution in [0.5, 0.6) is 5.75 Å². The number of hydrogen-bond donors (Lipinski definition) is 1. The fourth-order valence-electron chi connectivity index (χ4n) is 2.37. The standard InChI is InChI=1S/C20H20N2O4/c1-24-11-12-25-17-6-4-16(5-7-17)20(23)22-14-15-8-9-21-18(13-15)19-3-2-10-26-19/h2-10,13H,11-12,14H2,1H3,(H,22,23). The first kappa shape index (κ1) is 17.7.